The first-order valence-corrected chi connectivity index (χ1v) is 7.35. The number of carbonyl (C=O) groups excluding carboxylic acids is 2. The Labute approximate surface area is 128 Å². The quantitative estimate of drug-likeness (QED) is 0.889. The van der Waals surface area contributed by atoms with Gasteiger partial charge in [0.05, 0.1) is 0 Å². The smallest absolute Gasteiger partial charge is 0.268 e. The van der Waals surface area contributed by atoms with Crippen LogP contribution in [-0.4, -0.2) is 41.4 Å². The fraction of sp³-hybridized carbons (Fsp3) is 0.571. The molecule has 0 aliphatic rings. The lowest BCUT2D eigenvalue weighted by atomic mass is 10.0. The van der Waals surface area contributed by atoms with Crippen LogP contribution in [-0.2, 0) is 11.8 Å². The van der Waals surface area contributed by atoms with E-state index in [9.17, 15) is 9.59 Å². The molecule has 1 N–H and O–H groups in total. The van der Waals surface area contributed by atoms with Crippen LogP contribution in [0.5, 0.6) is 0 Å². The Kier molecular flexibility index (Phi) is 5.80. The molecule has 1 aromatic heterocycles. The van der Waals surface area contributed by atoms with E-state index >= 15 is 0 Å². The largest absolute Gasteiger partial charge is 0.347 e. The predicted molar refractivity (Wildman–Crippen MR) is 82.5 cm³/mol. The van der Waals surface area contributed by atoms with Gasteiger partial charge >= 0.3 is 0 Å². The first-order chi connectivity index (χ1) is 9.22. The van der Waals surface area contributed by atoms with Crippen molar-refractivity contribution in [1.82, 2.24) is 14.8 Å². The summed E-state index contributed by atoms with van der Waals surface area (Å²) in [6, 6.07) is 1.24. The van der Waals surface area contributed by atoms with E-state index in [2.05, 4.69) is 21.2 Å². The van der Waals surface area contributed by atoms with Crippen molar-refractivity contribution in [2.24, 2.45) is 13.0 Å². The number of rotatable bonds is 5. The van der Waals surface area contributed by atoms with Gasteiger partial charge in [-0.15, -0.1) is 0 Å². The average Bonchev–Trinajstić information content (AvgIpc) is 2.65. The van der Waals surface area contributed by atoms with Crippen molar-refractivity contribution in [1.29, 1.82) is 0 Å². The lowest BCUT2D eigenvalue weighted by Crippen LogP contribution is -2.47. The minimum atomic E-state index is -0.494. The highest BCUT2D eigenvalue weighted by atomic mass is 79.9. The second-order valence-electron chi connectivity index (χ2n) is 5.54. The van der Waals surface area contributed by atoms with Crippen LogP contribution in [0.1, 0.15) is 30.8 Å². The van der Waals surface area contributed by atoms with Gasteiger partial charge in [0.2, 0.25) is 5.91 Å². The Morgan fingerprint density at radius 1 is 1.40 bits per heavy atom. The zero-order valence-corrected chi connectivity index (χ0v) is 14.2. The summed E-state index contributed by atoms with van der Waals surface area (Å²) in [6.45, 7) is 4.06. The van der Waals surface area contributed by atoms with Crippen molar-refractivity contribution in [2.45, 2.75) is 26.3 Å². The Balaban J connectivity index is 2.86. The number of nitrogens with one attached hydrogen (secondary N) is 1. The summed E-state index contributed by atoms with van der Waals surface area (Å²) in [5.41, 5.74) is 0.525. The number of amides is 2. The summed E-state index contributed by atoms with van der Waals surface area (Å²) in [5.74, 6) is 0.00345. The molecule has 1 heterocycles. The number of carbonyl (C=O) groups is 2. The van der Waals surface area contributed by atoms with Gasteiger partial charge in [-0.1, -0.05) is 13.8 Å². The maximum absolute atomic E-state index is 12.3. The third-order valence-corrected chi connectivity index (χ3v) is 3.39. The molecule has 20 heavy (non-hydrogen) atoms. The number of hydrogen-bond acceptors (Lipinski definition) is 2. The molecule has 5 nitrogen and oxygen atoms in total. The number of halogens is 1. The molecule has 0 aliphatic carbocycles. The number of aryl methyl sites for hydroxylation is 1. The van der Waals surface area contributed by atoms with Gasteiger partial charge < -0.3 is 14.8 Å². The molecule has 0 saturated heterocycles. The van der Waals surface area contributed by atoms with E-state index in [4.69, 9.17) is 0 Å². The first kappa shape index (κ1) is 16.8. The van der Waals surface area contributed by atoms with Crippen molar-refractivity contribution in [3.05, 3.63) is 22.4 Å². The van der Waals surface area contributed by atoms with Crippen LogP contribution in [0.3, 0.4) is 0 Å². The van der Waals surface area contributed by atoms with Crippen LogP contribution < -0.4 is 5.32 Å². The average molecular weight is 344 g/mol. The first-order valence-electron chi connectivity index (χ1n) is 6.56. The van der Waals surface area contributed by atoms with Gasteiger partial charge in [-0.2, -0.15) is 0 Å². The fourth-order valence-electron chi connectivity index (χ4n) is 1.99. The molecule has 112 valence electrons. The number of nitrogens with zero attached hydrogens (tertiary/aromatic N) is 2. The van der Waals surface area contributed by atoms with Gasteiger partial charge in [-0.25, -0.2) is 0 Å². The van der Waals surface area contributed by atoms with Gasteiger partial charge in [0.25, 0.3) is 5.91 Å². The Morgan fingerprint density at radius 2 is 2.00 bits per heavy atom. The van der Waals surface area contributed by atoms with Crippen molar-refractivity contribution in [3.8, 4) is 0 Å². The van der Waals surface area contributed by atoms with Gasteiger partial charge in [0.15, 0.2) is 0 Å². The summed E-state index contributed by atoms with van der Waals surface area (Å²) >= 11 is 3.33. The highest BCUT2D eigenvalue weighted by molar-refractivity contribution is 9.10. The topological polar surface area (TPSA) is 54.3 Å². The second-order valence-corrected chi connectivity index (χ2v) is 6.46. The van der Waals surface area contributed by atoms with Crippen molar-refractivity contribution < 1.29 is 9.59 Å². The maximum atomic E-state index is 12.3. The molecule has 0 saturated carbocycles. The molecular weight excluding hydrogens is 322 g/mol. The third kappa shape index (κ3) is 4.37. The highest BCUT2D eigenvalue weighted by Crippen LogP contribution is 2.14. The van der Waals surface area contributed by atoms with E-state index in [1.165, 1.54) is 4.90 Å². The minimum Gasteiger partial charge on any atom is -0.347 e. The molecule has 0 aromatic carbocycles. The molecule has 0 spiro atoms. The SMILES string of the molecule is CC(C)CC(NC(=O)c1cc(Br)cn1C)C(=O)N(C)C. The molecule has 2 amide bonds. The molecule has 1 aromatic rings. The Morgan fingerprint density at radius 3 is 2.40 bits per heavy atom. The van der Waals surface area contributed by atoms with Crippen LogP contribution in [0.4, 0.5) is 0 Å². The van der Waals surface area contributed by atoms with E-state index in [0.29, 0.717) is 18.0 Å². The summed E-state index contributed by atoms with van der Waals surface area (Å²) in [6.07, 6.45) is 2.43. The minimum absolute atomic E-state index is 0.0830. The number of likely N-dealkylation sites (N-methyl/N-ethyl adjacent to an activating group) is 1. The van der Waals surface area contributed by atoms with Gasteiger partial charge in [-0.3, -0.25) is 9.59 Å². The molecule has 0 radical (unpaired) electrons. The Hall–Kier alpha value is -1.30. The van der Waals surface area contributed by atoms with E-state index in [1.807, 2.05) is 13.8 Å². The molecule has 1 rings (SSSR count). The van der Waals surface area contributed by atoms with Crippen LogP contribution in [0, 0.1) is 5.92 Å². The number of hydrogen-bond donors (Lipinski definition) is 1. The number of aromatic nitrogens is 1. The van der Waals surface area contributed by atoms with Crippen molar-refractivity contribution in [2.75, 3.05) is 14.1 Å². The second kappa shape index (κ2) is 6.92. The van der Waals surface area contributed by atoms with E-state index in [-0.39, 0.29) is 11.8 Å². The molecule has 0 fully saturated rings. The van der Waals surface area contributed by atoms with E-state index in [1.54, 1.807) is 38.0 Å². The molecule has 1 atom stereocenters. The van der Waals surface area contributed by atoms with Crippen LogP contribution >= 0.6 is 15.9 Å². The lowest BCUT2D eigenvalue weighted by molar-refractivity contribution is -0.131. The normalized spacial score (nSPS) is 12.3. The standard InChI is InChI=1S/C14H22BrN3O2/c1-9(2)6-11(14(20)17(3)4)16-13(19)12-7-10(15)8-18(12)5/h7-9,11H,6H2,1-5H3,(H,16,19). The zero-order valence-electron chi connectivity index (χ0n) is 12.6. The van der Waals surface area contributed by atoms with Gasteiger partial charge in [-0.05, 0) is 34.3 Å². The third-order valence-electron chi connectivity index (χ3n) is 2.96. The molecule has 6 heteroatoms. The summed E-state index contributed by atoms with van der Waals surface area (Å²) < 4.78 is 2.57. The van der Waals surface area contributed by atoms with Gasteiger partial charge in [0.1, 0.15) is 11.7 Å². The van der Waals surface area contributed by atoms with Crippen molar-refractivity contribution in [3.63, 3.8) is 0 Å². The summed E-state index contributed by atoms with van der Waals surface area (Å²) in [7, 11) is 5.19. The zero-order chi connectivity index (χ0) is 15.4. The van der Waals surface area contributed by atoms with Crippen LogP contribution in [0.15, 0.2) is 16.7 Å². The maximum Gasteiger partial charge on any atom is 0.268 e. The van der Waals surface area contributed by atoms with Crippen molar-refractivity contribution >= 4 is 27.7 Å². The summed E-state index contributed by atoms with van der Waals surface area (Å²) in [5, 5.41) is 2.83. The highest BCUT2D eigenvalue weighted by Gasteiger charge is 2.24. The summed E-state index contributed by atoms with van der Waals surface area (Å²) in [4.78, 5) is 25.9. The lowest BCUT2D eigenvalue weighted by Gasteiger charge is -2.23. The predicted octanol–water partition coefficient (Wildman–Crippen LogP) is 2.02. The fourth-order valence-corrected chi connectivity index (χ4v) is 2.51. The molecular formula is C14H22BrN3O2. The molecule has 0 bridgehead atoms. The van der Waals surface area contributed by atoms with E-state index < -0.39 is 6.04 Å². The molecule has 0 aliphatic heterocycles. The molecule has 1 unspecified atom stereocenters. The Bertz CT molecular complexity index is 495. The monoisotopic (exact) mass is 343 g/mol. The van der Waals surface area contributed by atoms with Gasteiger partial charge in [0, 0.05) is 31.8 Å². The van der Waals surface area contributed by atoms with Crippen LogP contribution in [0.25, 0.3) is 0 Å². The van der Waals surface area contributed by atoms with E-state index in [0.717, 1.165) is 4.47 Å². The van der Waals surface area contributed by atoms with Crippen LogP contribution in [0.2, 0.25) is 0 Å².